The maximum Gasteiger partial charge on any atom is 0.158 e. The summed E-state index contributed by atoms with van der Waals surface area (Å²) in [4.78, 5) is 7.35. The Morgan fingerprint density at radius 3 is 1.76 bits per heavy atom. The summed E-state index contributed by atoms with van der Waals surface area (Å²) in [6.07, 6.45) is 0. The Balaban J connectivity index is 2.12. The van der Waals surface area contributed by atoms with Crippen LogP contribution in [-0.2, 0) is 14.2 Å². The molecule has 2 aromatic rings. The van der Waals surface area contributed by atoms with Gasteiger partial charge in [-0.05, 0) is 57.2 Å². The molecule has 11 nitrogen and oxygen atoms in total. The zero-order valence-corrected chi connectivity index (χ0v) is 29.0. The van der Waals surface area contributed by atoms with Crippen LogP contribution >= 0.6 is 11.3 Å². The van der Waals surface area contributed by atoms with Gasteiger partial charge in [0.25, 0.3) is 0 Å². The third kappa shape index (κ3) is 12.3. The standard InChI is InChI=1S/C33H51N7O4S/c1-8-38(9-2)12-16-42-18-14-40(15-19-44-21-20-43-17-13-39(10-3)11-4)30-22-26(5)29(23-31(30)41-7)36-37-33-28(24-34)27(6)32(25-35)45-33/h22-23H,8-21H2,1-7H3. The van der Waals surface area contributed by atoms with Crippen LogP contribution in [0.2, 0.25) is 0 Å². The van der Waals surface area contributed by atoms with Crippen molar-refractivity contribution in [3.05, 3.63) is 33.7 Å². The van der Waals surface area contributed by atoms with Gasteiger partial charge in [-0.25, -0.2) is 0 Å². The first-order chi connectivity index (χ1) is 21.9. The van der Waals surface area contributed by atoms with Gasteiger partial charge in [-0.15, -0.1) is 21.6 Å². The first-order valence-corrected chi connectivity index (χ1v) is 16.7. The number of hydrogen-bond donors (Lipinski definition) is 0. The second-order valence-electron chi connectivity index (χ2n) is 10.3. The number of nitrogens with zero attached hydrogens (tertiary/aromatic N) is 7. The van der Waals surface area contributed by atoms with Gasteiger partial charge in [-0.3, -0.25) is 0 Å². The molecule has 1 heterocycles. The number of rotatable bonds is 23. The van der Waals surface area contributed by atoms with Crippen molar-refractivity contribution in [2.24, 2.45) is 10.2 Å². The predicted molar refractivity (Wildman–Crippen MR) is 181 cm³/mol. The molecule has 1 aromatic heterocycles. The lowest BCUT2D eigenvalue weighted by atomic mass is 10.1. The molecule has 1 aromatic carbocycles. The summed E-state index contributed by atoms with van der Waals surface area (Å²) in [6.45, 7) is 23.1. The van der Waals surface area contributed by atoms with Crippen LogP contribution in [0.25, 0.3) is 0 Å². The number of methoxy groups -OCH3 is 1. The Morgan fingerprint density at radius 2 is 1.27 bits per heavy atom. The van der Waals surface area contributed by atoms with Crippen LogP contribution in [0.5, 0.6) is 5.75 Å². The van der Waals surface area contributed by atoms with E-state index in [-0.39, 0.29) is 0 Å². The average molecular weight is 642 g/mol. The number of azo groups is 1. The molecule has 0 saturated heterocycles. The van der Waals surface area contributed by atoms with Crippen molar-refractivity contribution >= 4 is 27.7 Å². The van der Waals surface area contributed by atoms with Crippen LogP contribution < -0.4 is 9.64 Å². The van der Waals surface area contributed by atoms with Crippen LogP contribution in [0, 0.1) is 36.5 Å². The number of ether oxygens (including phenoxy) is 4. The highest BCUT2D eigenvalue weighted by Crippen LogP contribution is 2.38. The number of nitriles is 2. The van der Waals surface area contributed by atoms with Gasteiger partial charge in [-0.1, -0.05) is 27.7 Å². The molecule has 0 radical (unpaired) electrons. The number of benzene rings is 1. The highest BCUT2D eigenvalue weighted by Gasteiger charge is 2.17. The Labute approximate surface area is 273 Å². The average Bonchev–Trinajstić information content (AvgIpc) is 3.37. The van der Waals surface area contributed by atoms with Gasteiger partial charge in [0.1, 0.15) is 22.8 Å². The molecule has 45 heavy (non-hydrogen) atoms. The Morgan fingerprint density at radius 1 is 0.733 bits per heavy atom. The molecule has 0 spiro atoms. The molecule has 0 amide bonds. The zero-order valence-electron chi connectivity index (χ0n) is 28.2. The molecule has 0 N–H and O–H groups in total. The van der Waals surface area contributed by atoms with E-state index in [1.165, 1.54) is 11.3 Å². The monoisotopic (exact) mass is 641 g/mol. The van der Waals surface area contributed by atoms with Crippen molar-refractivity contribution in [1.29, 1.82) is 10.5 Å². The van der Waals surface area contributed by atoms with Crippen molar-refractivity contribution < 1.29 is 18.9 Å². The smallest absolute Gasteiger partial charge is 0.158 e. The van der Waals surface area contributed by atoms with Crippen LogP contribution in [0.3, 0.4) is 0 Å². The number of likely N-dealkylation sites (N-methyl/N-ethyl adjacent to an activating group) is 2. The lowest BCUT2D eigenvalue weighted by molar-refractivity contribution is 0.0413. The summed E-state index contributed by atoms with van der Waals surface area (Å²) >= 11 is 1.17. The Hall–Kier alpha value is -3.10. The second kappa shape index (κ2) is 21.6. The third-order valence-corrected chi connectivity index (χ3v) is 8.78. The third-order valence-electron chi connectivity index (χ3n) is 7.70. The summed E-state index contributed by atoms with van der Waals surface area (Å²) in [5, 5.41) is 28.1. The fraction of sp³-hybridized carbons (Fsp3) is 0.636. The van der Waals surface area contributed by atoms with Crippen LogP contribution in [0.4, 0.5) is 16.4 Å². The minimum absolute atomic E-state index is 0.378. The molecule has 248 valence electrons. The van der Waals surface area contributed by atoms with E-state index >= 15 is 0 Å². The van der Waals surface area contributed by atoms with E-state index in [4.69, 9.17) is 18.9 Å². The molecule has 0 atom stereocenters. The Kier molecular flexibility index (Phi) is 18.3. The SMILES string of the molecule is CCN(CC)CCOCCOCCN(CCOCCN(CC)CC)c1cc(C)c(N=Nc2sc(C#N)c(C)c2C#N)cc1OC. The van der Waals surface area contributed by atoms with E-state index < -0.39 is 0 Å². The maximum atomic E-state index is 9.57. The fourth-order valence-electron chi connectivity index (χ4n) is 4.68. The topological polar surface area (TPSA) is 119 Å². The summed E-state index contributed by atoms with van der Waals surface area (Å²) in [5.74, 6) is 0.651. The molecule has 0 bridgehead atoms. The zero-order chi connectivity index (χ0) is 33.0. The highest BCUT2D eigenvalue weighted by atomic mass is 32.1. The molecular formula is C33H51N7O4S. The van der Waals surface area contributed by atoms with Gasteiger partial charge in [0, 0.05) is 32.2 Å². The van der Waals surface area contributed by atoms with Crippen molar-refractivity contribution in [2.75, 3.05) is 104 Å². The Bertz CT molecular complexity index is 1260. The molecule has 0 aliphatic carbocycles. The lowest BCUT2D eigenvalue weighted by Crippen LogP contribution is -2.33. The van der Waals surface area contributed by atoms with Gasteiger partial charge in [-0.2, -0.15) is 10.5 Å². The summed E-state index contributed by atoms with van der Waals surface area (Å²) in [7, 11) is 1.63. The van der Waals surface area contributed by atoms with E-state index in [2.05, 4.69) is 64.8 Å². The van der Waals surface area contributed by atoms with Crippen LogP contribution in [0.15, 0.2) is 22.4 Å². The van der Waals surface area contributed by atoms with Gasteiger partial charge in [0.15, 0.2) is 5.00 Å². The van der Waals surface area contributed by atoms with Gasteiger partial charge in [0.05, 0.1) is 63.7 Å². The van der Waals surface area contributed by atoms with Crippen molar-refractivity contribution in [1.82, 2.24) is 9.80 Å². The molecule has 0 unspecified atom stereocenters. The van der Waals surface area contributed by atoms with Crippen LogP contribution in [-0.4, -0.2) is 109 Å². The largest absolute Gasteiger partial charge is 0.495 e. The number of anilines is 1. The molecule has 0 saturated carbocycles. The van der Waals surface area contributed by atoms with Gasteiger partial charge in [0.2, 0.25) is 0 Å². The number of aryl methyl sites for hydroxylation is 1. The minimum atomic E-state index is 0.378. The van der Waals surface area contributed by atoms with E-state index in [0.29, 0.717) is 85.2 Å². The normalized spacial score (nSPS) is 11.4. The lowest BCUT2D eigenvalue weighted by Gasteiger charge is -2.27. The van der Waals surface area contributed by atoms with Crippen molar-refractivity contribution in [2.45, 2.75) is 41.5 Å². The summed E-state index contributed by atoms with van der Waals surface area (Å²) in [5.41, 5.74) is 3.45. The number of hydrogen-bond acceptors (Lipinski definition) is 12. The quantitative estimate of drug-likeness (QED) is 0.105. The van der Waals surface area contributed by atoms with Gasteiger partial charge < -0.3 is 33.6 Å². The molecule has 2 rings (SSSR count). The van der Waals surface area contributed by atoms with E-state index in [1.807, 2.05) is 19.1 Å². The summed E-state index contributed by atoms with van der Waals surface area (Å²) in [6, 6.07) is 8.15. The first-order valence-electron chi connectivity index (χ1n) is 15.8. The fourth-order valence-corrected chi connectivity index (χ4v) is 5.56. The molecular weight excluding hydrogens is 590 g/mol. The number of thiophene rings is 1. The molecule has 0 aliphatic heterocycles. The van der Waals surface area contributed by atoms with Gasteiger partial charge >= 0.3 is 0 Å². The minimum Gasteiger partial charge on any atom is -0.495 e. The predicted octanol–water partition coefficient (Wildman–Crippen LogP) is 6.07. The van der Waals surface area contributed by atoms with E-state index in [1.54, 1.807) is 14.0 Å². The second-order valence-corrected chi connectivity index (χ2v) is 11.3. The van der Waals surface area contributed by atoms with E-state index in [9.17, 15) is 10.5 Å². The van der Waals surface area contributed by atoms with E-state index in [0.717, 1.165) is 50.5 Å². The first kappa shape index (κ1) is 38.1. The highest BCUT2D eigenvalue weighted by molar-refractivity contribution is 7.16. The molecule has 0 fully saturated rings. The molecule has 12 heteroatoms. The van der Waals surface area contributed by atoms with Crippen molar-refractivity contribution in [3.63, 3.8) is 0 Å². The van der Waals surface area contributed by atoms with Crippen molar-refractivity contribution in [3.8, 4) is 17.9 Å². The molecule has 0 aliphatic rings. The summed E-state index contributed by atoms with van der Waals surface area (Å²) < 4.78 is 23.5. The van der Waals surface area contributed by atoms with Crippen LogP contribution in [0.1, 0.15) is 49.3 Å². The maximum absolute atomic E-state index is 9.57.